The molecule has 0 unspecified atom stereocenters. The fourth-order valence-electron chi connectivity index (χ4n) is 5.30. The number of fused-ring (bicyclic) bond motifs is 3. The van der Waals surface area contributed by atoms with E-state index >= 15 is 0 Å². The zero-order valence-corrected chi connectivity index (χ0v) is 17.4. The molecule has 0 spiro atoms. The third kappa shape index (κ3) is 2.87. The summed E-state index contributed by atoms with van der Waals surface area (Å²) in [6.07, 6.45) is 7.22. The minimum Gasteiger partial charge on any atom is -0.356 e. The third-order valence-electron chi connectivity index (χ3n) is 6.54. The van der Waals surface area contributed by atoms with E-state index in [0.717, 1.165) is 28.5 Å². The van der Waals surface area contributed by atoms with Gasteiger partial charge in [0, 0.05) is 23.1 Å². The molecule has 1 aliphatic heterocycles. The molecule has 1 saturated carbocycles. The van der Waals surface area contributed by atoms with E-state index in [0.29, 0.717) is 5.92 Å². The molecule has 1 atom stereocenters. The molecule has 1 aliphatic carbocycles. The molecule has 2 aromatic heterocycles. The highest BCUT2D eigenvalue weighted by molar-refractivity contribution is 7.13. The molecule has 0 saturated heterocycles. The molecule has 28 heavy (non-hydrogen) atoms. The smallest absolute Gasteiger partial charge is 0.266 e. The predicted molar refractivity (Wildman–Crippen MR) is 114 cm³/mol. The van der Waals surface area contributed by atoms with E-state index in [1.54, 1.807) is 0 Å². The number of aryl methyl sites for hydroxylation is 2. The first kappa shape index (κ1) is 17.9. The lowest BCUT2D eigenvalue weighted by Gasteiger charge is -2.41. The summed E-state index contributed by atoms with van der Waals surface area (Å²) in [6.45, 7) is 4.75. The van der Waals surface area contributed by atoms with Crippen LogP contribution in [0.3, 0.4) is 0 Å². The number of benzene rings is 1. The van der Waals surface area contributed by atoms with Gasteiger partial charge in [-0.2, -0.15) is 0 Å². The van der Waals surface area contributed by atoms with Gasteiger partial charge in [-0.05, 0) is 50.7 Å². The summed E-state index contributed by atoms with van der Waals surface area (Å²) in [4.78, 5) is 24.8. The number of aromatic nitrogens is 2. The maximum Gasteiger partial charge on any atom is 0.266 e. The maximum absolute atomic E-state index is 13.6. The van der Waals surface area contributed by atoms with Gasteiger partial charge in [0.05, 0.1) is 16.7 Å². The Labute approximate surface area is 170 Å². The van der Waals surface area contributed by atoms with Crippen LogP contribution in [-0.4, -0.2) is 27.3 Å². The molecule has 4 nitrogen and oxygen atoms in total. The second kappa shape index (κ2) is 7.03. The summed E-state index contributed by atoms with van der Waals surface area (Å²) in [5.41, 5.74) is 4.78. The van der Waals surface area contributed by atoms with E-state index in [4.69, 9.17) is 0 Å². The van der Waals surface area contributed by atoms with Crippen LogP contribution < -0.4 is 0 Å². The van der Waals surface area contributed by atoms with Crippen molar-refractivity contribution in [2.24, 2.45) is 5.92 Å². The number of para-hydroxylation sites is 1. The fraction of sp³-hybridized carbons (Fsp3) is 0.478. The SMILES string of the molecule is Cc1nc(C)c(C(=O)N2CCc3c([nH]c4ccccc34)[C@H]2C2CCCCC2)s1. The lowest BCUT2D eigenvalue weighted by atomic mass is 9.79. The number of carbonyl (C=O) groups excluding carboxylic acids is 1. The predicted octanol–water partition coefficient (Wildman–Crippen LogP) is 5.56. The minimum atomic E-state index is 0.158. The van der Waals surface area contributed by atoms with Crippen molar-refractivity contribution in [2.45, 2.75) is 58.4 Å². The Morgan fingerprint density at radius 1 is 1.18 bits per heavy atom. The Kier molecular flexibility index (Phi) is 4.50. The Balaban J connectivity index is 1.60. The molecule has 3 heterocycles. The third-order valence-corrected chi connectivity index (χ3v) is 7.60. The highest BCUT2D eigenvalue weighted by Gasteiger charge is 2.39. The van der Waals surface area contributed by atoms with Gasteiger partial charge in [0.1, 0.15) is 4.88 Å². The summed E-state index contributed by atoms with van der Waals surface area (Å²) in [5.74, 6) is 0.710. The van der Waals surface area contributed by atoms with E-state index in [-0.39, 0.29) is 11.9 Å². The van der Waals surface area contributed by atoms with Crippen molar-refractivity contribution in [3.05, 3.63) is 51.1 Å². The summed E-state index contributed by atoms with van der Waals surface area (Å²) in [6, 6.07) is 8.75. The molecule has 3 aromatic rings. The highest BCUT2D eigenvalue weighted by atomic mass is 32.1. The first-order valence-electron chi connectivity index (χ1n) is 10.5. The molecule has 1 N–H and O–H groups in total. The van der Waals surface area contributed by atoms with Crippen molar-refractivity contribution in [3.63, 3.8) is 0 Å². The first-order valence-corrected chi connectivity index (χ1v) is 11.3. The van der Waals surface area contributed by atoms with E-state index in [1.165, 1.54) is 65.6 Å². The van der Waals surface area contributed by atoms with Gasteiger partial charge in [0.15, 0.2) is 0 Å². The number of rotatable bonds is 2. The molecule has 1 amide bonds. The number of hydrogen-bond donors (Lipinski definition) is 1. The zero-order chi connectivity index (χ0) is 19.3. The van der Waals surface area contributed by atoms with E-state index in [1.807, 2.05) is 13.8 Å². The Morgan fingerprint density at radius 3 is 2.71 bits per heavy atom. The molecule has 0 radical (unpaired) electrons. The molecular formula is C23H27N3OS. The number of hydrogen-bond acceptors (Lipinski definition) is 3. The van der Waals surface area contributed by atoms with Crippen LogP contribution in [0.4, 0.5) is 0 Å². The Bertz CT molecular complexity index is 1030. The van der Waals surface area contributed by atoms with Crippen LogP contribution in [0.15, 0.2) is 24.3 Å². The van der Waals surface area contributed by atoms with Crippen LogP contribution in [0.25, 0.3) is 10.9 Å². The fourth-order valence-corrected chi connectivity index (χ4v) is 6.17. The lowest BCUT2D eigenvalue weighted by molar-refractivity contribution is 0.0537. The number of nitrogens with one attached hydrogen (secondary N) is 1. The molecule has 0 bridgehead atoms. The normalized spacial score (nSPS) is 20.5. The van der Waals surface area contributed by atoms with Gasteiger partial charge in [-0.25, -0.2) is 4.98 Å². The van der Waals surface area contributed by atoms with Crippen LogP contribution in [0.5, 0.6) is 0 Å². The average Bonchev–Trinajstić information content (AvgIpc) is 3.26. The maximum atomic E-state index is 13.6. The van der Waals surface area contributed by atoms with Gasteiger partial charge in [0.25, 0.3) is 5.91 Å². The summed E-state index contributed by atoms with van der Waals surface area (Å²) in [7, 11) is 0. The molecule has 5 rings (SSSR count). The minimum absolute atomic E-state index is 0.158. The summed E-state index contributed by atoms with van der Waals surface area (Å²) in [5, 5.41) is 2.30. The molecule has 146 valence electrons. The number of H-pyrrole nitrogens is 1. The number of aromatic amines is 1. The van der Waals surface area contributed by atoms with Gasteiger partial charge in [0.2, 0.25) is 0 Å². The van der Waals surface area contributed by atoms with E-state index in [9.17, 15) is 4.79 Å². The topological polar surface area (TPSA) is 49.0 Å². The van der Waals surface area contributed by atoms with Crippen molar-refractivity contribution < 1.29 is 4.79 Å². The van der Waals surface area contributed by atoms with Gasteiger partial charge in [-0.3, -0.25) is 4.79 Å². The summed E-state index contributed by atoms with van der Waals surface area (Å²) < 4.78 is 0. The van der Waals surface area contributed by atoms with Crippen molar-refractivity contribution in [1.29, 1.82) is 0 Å². The van der Waals surface area contributed by atoms with Crippen molar-refractivity contribution in [3.8, 4) is 0 Å². The monoisotopic (exact) mass is 393 g/mol. The first-order chi connectivity index (χ1) is 13.6. The largest absolute Gasteiger partial charge is 0.356 e. The summed E-state index contributed by atoms with van der Waals surface area (Å²) >= 11 is 1.54. The average molecular weight is 394 g/mol. The van der Waals surface area contributed by atoms with Crippen LogP contribution >= 0.6 is 11.3 Å². The molecule has 5 heteroatoms. The van der Waals surface area contributed by atoms with Crippen LogP contribution in [0, 0.1) is 19.8 Å². The molecule has 1 aromatic carbocycles. The van der Waals surface area contributed by atoms with E-state index in [2.05, 4.69) is 39.1 Å². The number of nitrogens with zero attached hydrogens (tertiary/aromatic N) is 2. The molecular weight excluding hydrogens is 366 g/mol. The number of thiazole rings is 1. The van der Waals surface area contributed by atoms with Crippen molar-refractivity contribution in [1.82, 2.24) is 14.9 Å². The van der Waals surface area contributed by atoms with Crippen LogP contribution in [0.2, 0.25) is 0 Å². The van der Waals surface area contributed by atoms with Crippen LogP contribution in [-0.2, 0) is 6.42 Å². The van der Waals surface area contributed by atoms with Gasteiger partial charge in [-0.1, -0.05) is 37.5 Å². The van der Waals surface area contributed by atoms with Gasteiger partial charge in [-0.15, -0.1) is 11.3 Å². The lowest BCUT2D eigenvalue weighted by Crippen LogP contribution is -2.43. The van der Waals surface area contributed by atoms with Crippen molar-refractivity contribution in [2.75, 3.05) is 6.54 Å². The van der Waals surface area contributed by atoms with Crippen molar-refractivity contribution >= 4 is 28.1 Å². The molecule has 1 fully saturated rings. The second-order valence-electron chi connectivity index (χ2n) is 8.30. The van der Waals surface area contributed by atoms with Gasteiger partial charge >= 0.3 is 0 Å². The Hall–Kier alpha value is -2.14. The standard InChI is InChI=1S/C23H27N3OS/c1-14-22(28-15(2)24-14)23(27)26-13-12-18-17-10-6-7-11-19(17)25-20(18)21(26)16-8-4-3-5-9-16/h6-7,10-11,16,21,25H,3-5,8-9,12-13H2,1-2H3/t21-/m1/s1. The number of amides is 1. The zero-order valence-electron chi connectivity index (χ0n) is 16.6. The Morgan fingerprint density at radius 2 is 1.96 bits per heavy atom. The molecule has 2 aliphatic rings. The number of carbonyl (C=O) groups is 1. The highest BCUT2D eigenvalue weighted by Crippen LogP contribution is 2.44. The quantitative estimate of drug-likeness (QED) is 0.619. The van der Waals surface area contributed by atoms with Gasteiger partial charge < -0.3 is 9.88 Å². The van der Waals surface area contributed by atoms with E-state index < -0.39 is 0 Å². The van der Waals surface area contributed by atoms with Crippen LogP contribution in [0.1, 0.15) is 69.8 Å². The second-order valence-corrected chi connectivity index (χ2v) is 9.50.